The molecule has 0 bridgehead atoms. The summed E-state index contributed by atoms with van der Waals surface area (Å²) in [5.41, 5.74) is 0. The maximum absolute atomic E-state index is 12.2. The molecular formula is C14H28N3O3S+. The lowest BCUT2D eigenvalue weighted by Gasteiger charge is -2.30. The molecule has 0 aliphatic carbocycles. The van der Waals surface area contributed by atoms with Gasteiger partial charge < -0.3 is 10.2 Å². The van der Waals surface area contributed by atoms with Gasteiger partial charge in [-0.25, -0.2) is 12.7 Å². The highest BCUT2D eigenvalue weighted by atomic mass is 32.2. The topological polar surface area (TPSA) is 70.9 Å². The maximum atomic E-state index is 12.2. The zero-order valence-electron chi connectivity index (χ0n) is 12.9. The number of carbonyl (C=O) groups is 1. The molecule has 122 valence electrons. The molecular weight excluding hydrogens is 290 g/mol. The summed E-state index contributed by atoms with van der Waals surface area (Å²) in [4.78, 5) is 13.8. The molecule has 0 aromatic heterocycles. The Balaban J connectivity index is 1.76. The summed E-state index contributed by atoms with van der Waals surface area (Å²) in [5, 5.41) is 2.99. The van der Waals surface area contributed by atoms with E-state index in [0.29, 0.717) is 19.6 Å². The highest BCUT2D eigenvalue weighted by molar-refractivity contribution is 7.89. The fourth-order valence-corrected chi connectivity index (χ4v) is 4.40. The van der Waals surface area contributed by atoms with Gasteiger partial charge in [-0.15, -0.1) is 0 Å². The van der Waals surface area contributed by atoms with Crippen molar-refractivity contribution in [2.75, 3.05) is 45.0 Å². The van der Waals surface area contributed by atoms with E-state index in [0.717, 1.165) is 19.4 Å². The third kappa shape index (κ3) is 4.66. The lowest BCUT2D eigenvalue weighted by molar-refractivity contribution is -0.886. The van der Waals surface area contributed by atoms with Gasteiger partial charge in [-0.2, -0.15) is 0 Å². The van der Waals surface area contributed by atoms with Crippen molar-refractivity contribution in [2.24, 2.45) is 5.92 Å². The molecule has 0 aromatic rings. The Kier molecular flexibility index (Phi) is 6.01. The van der Waals surface area contributed by atoms with E-state index in [1.165, 1.54) is 30.2 Å². The van der Waals surface area contributed by atoms with E-state index in [2.05, 4.69) is 5.32 Å². The van der Waals surface area contributed by atoms with E-state index in [-0.39, 0.29) is 17.6 Å². The first kappa shape index (κ1) is 16.7. The van der Waals surface area contributed by atoms with E-state index in [1.54, 1.807) is 11.8 Å². The van der Waals surface area contributed by atoms with E-state index in [9.17, 15) is 13.2 Å². The van der Waals surface area contributed by atoms with Crippen LogP contribution in [0, 0.1) is 5.92 Å². The first-order valence-corrected chi connectivity index (χ1v) is 9.73. The Morgan fingerprint density at radius 1 is 1.29 bits per heavy atom. The highest BCUT2D eigenvalue weighted by Crippen LogP contribution is 2.19. The van der Waals surface area contributed by atoms with Crippen molar-refractivity contribution in [3.63, 3.8) is 0 Å². The second-order valence-corrected chi connectivity index (χ2v) is 8.35. The summed E-state index contributed by atoms with van der Waals surface area (Å²) in [6.07, 6.45) is 4.14. The summed E-state index contributed by atoms with van der Waals surface area (Å²) in [7, 11) is -3.17. The van der Waals surface area contributed by atoms with Gasteiger partial charge in [-0.05, 0) is 19.8 Å². The molecule has 0 radical (unpaired) electrons. The van der Waals surface area contributed by atoms with Crippen molar-refractivity contribution in [1.82, 2.24) is 9.62 Å². The fraction of sp³-hybridized carbons (Fsp3) is 0.929. The van der Waals surface area contributed by atoms with Crippen LogP contribution in [-0.2, 0) is 14.8 Å². The van der Waals surface area contributed by atoms with E-state index in [1.807, 2.05) is 0 Å². The van der Waals surface area contributed by atoms with Crippen LogP contribution in [0.3, 0.4) is 0 Å². The molecule has 0 aromatic carbocycles. The lowest BCUT2D eigenvalue weighted by Crippen LogP contribution is -3.10. The maximum Gasteiger partial charge on any atom is 0.224 e. The standard InChI is InChI=1S/C14H27N3O3S/c1-2-21(19,20)17-10-5-6-13(12-17)14(18)15-7-11-16-8-3-4-9-16/h13H,2-12H2,1H3,(H,15,18)/p+1. The van der Waals surface area contributed by atoms with E-state index in [4.69, 9.17) is 0 Å². The van der Waals surface area contributed by atoms with Gasteiger partial charge in [0.2, 0.25) is 15.9 Å². The molecule has 2 fully saturated rings. The number of carbonyl (C=O) groups excluding carboxylic acids is 1. The van der Waals surface area contributed by atoms with E-state index >= 15 is 0 Å². The minimum atomic E-state index is -3.17. The van der Waals surface area contributed by atoms with Gasteiger partial charge in [0, 0.05) is 25.9 Å². The van der Waals surface area contributed by atoms with Gasteiger partial charge in [-0.1, -0.05) is 0 Å². The van der Waals surface area contributed by atoms with Crippen molar-refractivity contribution in [3.8, 4) is 0 Å². The normalized spacial score (nSPS) is 25.1. The Hall–Kier alpha value is -0.660. The number of amides is 1. The monoisotopic (exact) mass is 318 g/mol. The minimum absolute atomic E-state index is 0.0181. The molecule has 1 amide bonds. The summed E-state index contributed by atoms with van der Waals surface area (Å²) in [5.74, 6) is -0.0575. The first-order valence-electron chi connectivity index (χ1n) is 8.12. The van der Waals surface area contributed by atoms with Crippen LogP contribution in [0.1, 0.15) is 32.6 Å². The molecule has 1 atom stereocenters. The number of sulfonamides is 1. The second-order valence-electron chi connectivity index (χ2n) is 6.10. The molecule has 2 heterocycles. The average molecular weight is 318 g/mol. The third-order valence-corrected chi connectivity index (χ3v) is 6.45. The number of likely N-dealkylation sites (tertiary alicyclic amines) is 1. The number of quaternary nitrogens is 1. The van der Waals surface area contributed by atoms with Crippen molar-refractivity contribution < 1.29 is 18.1 Å². The summed E-state index contributed by atoms with van der Waals surface area (Å²) < 4.78 is 25.3. The molecule has 2 N–H and O–H groups in total. The molecule has 0 spiro atoms. The largest absolute Gasteiger partial charge is 0.350 e. The molecule has 2 aliphatic heterocycles. The fourth-order valence-electron chi connectivity index (χ4n) is 3.22. The summed E-state index contributed by atoms with van der Waals surface area (Å²) >= 11 is 0. The van der Waals surface area contributed by atoms with Crippen molar-refractivity contribution >= 4 is 15.9 Å². The van der Waals surface area contributed by atoms with Gasteiger partial charge >= 0.3 is 0 Å². The zero-order chi connectivity index (χ0) is 15.3. The molecule has 2 rings (SSSR count). The van der Waals surface area contributed by atoms with Crippen LogP contribution in [0.2, 0.25) is 0 Å². The van der Waals surface area contributed by atoms with Crippen molar-refractivity contribution in [1.29, 1.82) is 0 Å². The predicted molar refractivity (Wildman–Crippen MR) is 81.6 cm³/mol. The quantitative estimate of drug-likeness (QED) is 0.649. The Labute approximate surface area is 127 Å². The smallest absolute Gasteiger partial charge is 0.224 e. The average Bonchev–Trinajstić information content (AvgIpc) is 3.00. The molecule has 6 nitrogen and oxygen atoms in total. The van der Waals surface area contributed by atoms with Crippen LogP contribution in [-0.4, -0.2) is 63.7 Å². The Morgan fingerprint density at radius 2 is 2.00 bits per heavy atom. The van der Waals surface area contributed by atoms with E-state index < -0.39 is 10.0 Å². The van der Waals surface area contributed by atoms with Crippen molar-refractivity contribution in [3.05, 3.63) is 0 Å². The van der Waals surface area contributed by atoms with Gasteiger partial charge in [-0.3, -0.25) is 4.79 Å². The van der Waals surface area contributed by atoms with Crippen LogP contribution >= 0.6 is 0 Å². The number of nitrogens with zero attached hydrogens (tertiary/aromatic N) is 1. The second kappa shape index (κ2) is 7.56. The lowest BCUT2D eigenvalue weighted by atomic mass is 9.99. The molecule has 2 saturated heterocycles. The number of hydrogen-bond donors (Lipinski definition) is 2. The highest BCUT2D eigenvalue weighted by Gasteiger charge is 2.31. The summed E-state index contributed by atoms with van der Waals surface area (Å²) in [6.45, 7) is 6.65. The van der Waals surface area contributed by atoms with Crippen LogP contribution in [0.5, 0.6) is 0 Å². The van der Waals surface area contributed by atoms with Crippen LogP contribution in [0.15, 0.2) is 0 Å². The first-order chi connectivity index (χ1) is 10.0. The number of rotatable bonds is 6. The van der Waals surface area contributed by atoms with Crippen molar-refractivity contribution in [2.45, 2.75) is 32.6 Å². The molecule has 0 saturated carbocycles. The zero-order valence-corrected chi connectivity index (χ0v) is 13.8. The predicted octanol–water partition coefficient (Wildman–Crippen LogP) is -1.16. The number of nitrogens with one attached hydrogen (secondary N) is 2. The number of hydrogen-bond acceptors (Lipinski definition) is 3. The van der Waals surface area contributed by atoms with Gasteiger partial charge in [0.05, 0.1) is 37.8 Å². The van der Waals surface area contributed by atoms with Gasteiger partial charge in [0.15, 0.2) is 0 Å². The Bertz CT molecular complexity index is 446. The third-order valence-electron chi connectivity index (χ3n) is 4.60. The van der Waals surface area contributed by atoms with Crippen LogP contribution < -0.4 is 10.2 Å². The number of piperidine rings is 1. The van der Waals surface area contributed by atoms with Gasteiger partial charge in [0.25, 0.3) is 0 Å². The Morgan fingerprint density at radius 3 is 2.67 bits per heavy atom. The summed E-state index contributed by atoms with van der Waals surface area (Å²) in [6, 6.07) is 0. The molecule has 7 heteroatoms. The van der Waals surface area contributed by atoms with Crippen LogP contribution in [0.25, 0.3) is 0 Å². The molecule has 2 aliphatic rings. The van der Waals surface area contributed by atoms with Crippen LogP contribution in [0.4, 0.5) is 0 Å². The van der Waals surface area contributed by atoms with Gasteiger partial charge in [0.1, 0.15) is 0 Å². The minimum Gasteiger partial charge on any atom is -0.350 e. The SMILES string of the molecule is CCS(=O)(=O)N1CCCC(C(=O)NCC[NH+]2CCCC2)C1. The molecule has 1 unspecified atom stereocenters. The molecule has 21 heavy (non-hydrogen) atoms.